The van der Waals surface area contributed by atoms with Crippen LogP contribution in [0.3, 0.4) is 0 Å². The average Bonchev–Trinajstić information content (AvgIpc) is 3.29. The number of aliphatic carboxylic acids is 1. The lowest BCUT2D eigenvalue weighted by molar-refractivity contribution is -0.192. The Morgan fingerprint density at radius 3 is 2.23 bits per heavy atom. The van der Waals surface area contributed by atoms with Crippen LogP contribution in [-0.2, 0) is 11.3 Å². The van der Waals surface area contributed by atoms with Crippen molar-refractivity contribution in [1.82, 2.24) is 14.9 Å². The minimum Gasteiger partial charge on any atom is -0.475 e. The van der Waals surface area contributed by atoms with E-state index >= 15 is 0 Å². The zero-order chi connectivity index (χ0) is 31.5. The summed E-state index contributed by atoms with van der Waals surface area (Å²) in [7, 11) is 0. The Hall–Kier alpha value is -5.17. The molecule has 0 bridgehead atoms. The van der Waals surface area contributed by atoms with Crippen molar-refractivity contribution < 1.29 is 27.9 Å². The number of aromatic nitrogens is 2. The maximum absolute atomic E-state index is 12.8. The van der Waals surface area contributed by atoms with Gasteiger partial charge in [-0.1, -0.05) is 54.6 Å². The van der Waals surface area contributed by atoms with E-state index in [0.29, 0.717) is 23.7 Å². The third-order valence-corrected chi connectivity index (χ3v) is 6.56. The first-order chi connectivity index (χ1) is 21.1. The Morgan fingerprint density at radius 2 is 1.55 bits per heavy atom. The molecule has 2 amide bonds. The van der Waals surface area contributed by atoms with Crippen LogP contribution in [-0.4, -0.2) is 59.0 Å². The molecule has 1 aliphatic rings. The third kappa shape index (κ3) is 9.42. The smallest absolute Gasteiger partial charge is 0.475 e. The summed E-state index contributed by atoms with van der Waals surface area (Å²) < 4.78 is 33.3. The molecule has 1 aliphatic heterocycles. The summed E-state index contributed by atoms with van der Waals surface area (Å²) in [4.78, 5) is 40.9. The van der Waals surface area contributed by atoms with Gasteiger partial charge in [0.15, 0.2) is 0 Å². The molecular formula is C31H31F3N6O4. The van der Waals surface area contributed by atoms with Gasteiger partial charge in [0.25, 0.3) is 5.56 Å². The predicted molar refractivity (Wildman–Crippen MR) is 162 cm³/mol. The topological polar surface area (TPSA) is 129 Å². The Balaban J connectivity index is 0.000000566. The molecule has 4 N–H and O–H groups in total. The lowest BCUT2D eigenvalue weighted by Crippen LogP contribution is -2.31. The van der Waals surface area contributed by atoms with Gasteiger partial charge in [-0.25, -0.2) is 14.6 Å². The third-order valence-electron chi connectivity index (χ3n) is 6.56. The van der Waals surface area contributed by atoms with Crippen molar-refractivity contribution in [3.63, 3.8) is 0 Å². The van der Waals surface area contributed by atoms with Crippen LogP contribution in [0.5, 0.6) is 0 Å². The van der Waals surface area contributed by atoms with Crippen LogP contribution in [0, 0.1) is 0 Å². The molecule has 230 valence electrons. The molecule has 2 heterocycles. The van der Waals surface area contributed by atoms with Gasteiger partial charge in [0.2, 0.25) is 0 Å². The number of anilines is 3. The Labute approximate surface area is 251 Å². The number of carbonyl (C=O) groups excluding carboxylic acids is 1. The molecule has 1 fully saturated rings. The quantitative estimate of drug-likeness (QED) is 0.242. The highest BCUT2D eigenvalue weighted by molar-refractivity contribution is 5.99. The number of alkyl halides is 3. The van der Waals surface area contributed by atoms with Gasteiger partial charge in [0, 0.05) is 37.1 Å². The Morgan fingerprint density at radius 1 is 0.864 bits per heavy atom. The number of carboxylic acid groups (broad SMARTS) is 1. The number of amides is 2. The first kappa shape index (κ1) is 31.8. The summed E-state index contributed by atoms with van der Waals surface area (Å²) in [5, 5.41) is 16.2. The highest BCUT2D eigenvalue weighted by atomic mass is 19.4. The molecule has 4 aromatic rings. The van der Waals surface area contributed by atoms with E-state index in [9.17, 15) is 22.8 Å². The van der Waals surface area contributed by atoms with Gasteiger partial charge in [-0.3, -0.25) is 9.36 Å². The number of carboxylic acids is 1. The monoisotopic (exact) mass is 608 g/mol. The highest BCUT2D eigenvalue weighted by Gasteiger charge is 2.38. The molecule has 0 unspecified atom stereocenters. The number of urea groups is 1. The minimum atomic E-state index is -5.08. The molecule has 1 aromatic heterocycles. The number of halogens is 3. The number of carbonyl (C=O) groups is 2. The zero-order valence-electron chi connectivity index (χ0n) is 23.6. The fraction of sp³-hybridized carbons (Fsp3) is 0.226. The van der Waals surface area contributed by atoms with E-state index < -0.39 is 12.1 Å². The number of hydrogen-bond donors (Lipinski definition) is 4. The Kier molecular flexibility index (Phi) is 10.7. The fourth-order valence-electron chi connectivity index (χ4n) is 4.40. The highest BCUT2D eigenvalue weighted by Crippen LogP contribution is 2.21. The molecule has 0 spiro atoms. The zero-order valence-corrected chi connectivity index (χ0v) is 23.6. The van der Waals surface area contributed by atoms with Crippen molar-refractivity contribution in [2.24, 2.45) is 0 Å². The fourth-order valence-corrected chi connectivity index (χ4v) is 4.40. The van der Waals surface area contributed by atoms with Crippen molar-refractivity contribution in [3.8, 4) is 11.1 Å². The van der Waals surface area contributed by atoms with Crippen LogP contribution in [0.1, 0.15) is 12.0 Å². The van der Waals surface area contributed by atoms with Gasteiger partial charge < -0.3 is 26.0 Å². The van der Waals surface area contributed by atoms with E-state index in [1.54, 1.807) is 17.0 Å². The molecule has 3 aromatic carbocycles. The molecule has 0 saturated carbocycles. The van der Waals surface area contributed by atoms with Gasteiger partial charge in [-0.05, 0) is 53.9 Å². The molecule has 44 heavy (non-hydrogen) atoms. The van der Waals surface area contributed by atoms with Gasteiger partial charge >= 0.3 is 18.2 Å². The van der Waals surface area contributed by atoms with Crippen molar-refractivity contribution in [2.75, 3.05) is 41.7 Å². The second kappa shape index (κ2) is 14.8. The standard InChI is InChI=1S/C29H30N6O2.C2HF3O2/c36-28-19-27(34-16-5-14-30-15-17-34)31-21-35(28)20-22-6-4-9-26(18-22)33-29(37)32-25-12-10-24(11-13-25)23-7-2-1-3-8-23;3-2(4,5)1(6)7/h1-4,6-13,18-19,21,30H,5,14-17,20H2,(H2,32,33,37);(H,6,7). The number of nitrogens with one attached hydrogen (secondary N) is 3. The van der Waals surface area contributed by atoms with Crippen molar-refractivity contribution in [1.29, 1.82) is 0 Å². The summed E-state index contributed by atoms with van der Waals surface area (Å²) >= 11 is 0. The van der Waals surface area contributed by atoms with E-state index in [-0.39, 0.29) is 11.6 Å². The van der Waals surface area contributed by atoms with Gasteiger partial charge in [0.05, 0.1) is 6.54 Å². The number of benzene rings is 3. The van der Waals surface area contributed by atoms with Gasteiger partial charge in [-0.2, -0.15) is 13.2 Å². The summed E-state index contributed by atoms with van der Waals surface area (Å²) in [6.07, 6.45) is -2.46. The number of nitrogens with zero attached hydrogens (tertiary/aromatic N) is 3. The summed E-state index contributed by atoms with van der Waals surface area (Å²) in [6.45, 7) is 3.96. The van der Waals surface area contributed by atoms with E-state index in [4.69, 9.17) is 9.90 Å². The van der Waals surface area contributed by atoms with E-state index in [1.165, 1.54) is 0 Å². The summed E-state index contributed by atoms with van der Waals surface area (Å²) in [5.41, 5.74) is 4.34. The van der Waals surface area contributed by atoms with Crippen molar-refractivity contribution >= 4 is 29.2 Å². The van der Waals surface area contributed by atoms with E-state index in [2.05, 4.69) is 25.8 Å². The molecule has 13 heteroatoms. The van der Waals surface area contributed by atoms with E-state index in [0.717, 1.165) is 49.3 Å². The van der Waals surface area contributed by atoms with Crippen LogP contribution >= 0.6 is 0 Å². The molecule has 0 aliphatic carbocycles. The second-order valence-electron chi connectivity index (χ2n) is 9.83. The summed E-state index contributed by atoms with van der Waals surface area (Å²) in [5.74, 6) is -2.04. The predicted octanol–water partition coefficient (Wildman–Crippen LogP) is 5.04. The average molecular weight is 609 g/mol. The maximum atomic E-state index is 12.8. The molecule has 1 saturated heterocycles. The molecule has 5 rings (SSSR count). The molecular weight excluding hydrogens is 577 g/mol. The largest absolute Gasteiger partial charge is 0.490 e. The maximum Gasteiger partial charge on any atom is 0.490 e. The minimum absolute atomic E-state index is 0.0998. The first-order valence-corrected chi connectivity index (χ1v) is 13.7. The SMILES string of the molecule is O=C(Nc1ccc(-c2ccccc2)cc1)Nc1cccc(Cn2cnc(N3CCCNCC3)cc2=O)c1.O=C(O)C(F)(F)F. The van der Waals surface area contributed by atoms with Crippen LogP contribution < -0.4 is 26.4 Å². The van der Waals surface area contributed by atoms with Crippen molar-refractivity contribution in [2.45, 2.75) is 19.1 Å². The molecule has 0 atom stereocenters. The van der Waals surface area contributed by atoms with Crippen molar-refractivity contribution in [3.05, 3.63) is 107 Å². The molecule has 10 nitrogen and oxygen atoms in total. The van der Waals surface area contributed by atoms with Crippen LogP contribution in [0.2, 0.25) is 0 Å². The van der Waals surface area contributed by atoms with Gasteiger partial charge in [0.1, 0.15) is 12.1 Å². The van der Waals surface area contributed by atoms with Crippen LogP contribution in [0.15, 0.2) is 96.1 Å². The van der Waals surface area contributed by atoms with E-state index in [1.807, 2.05) is 78.9 Å². The molecule has 0 radical (unpaired) electrons. The second-order valence-corrected chi connectivity index (χ2v) is 9.83. The Bertz CT molecular complexity index is 1600. The van der Waals surface area contributed by atoms with Gasteiger partial charge in [-0.15, -0.1) is 0 Å². The normalized spacial score (nSPS) is 13.2. The van der Waals surface area contributed by atoms with Crippen LogP contribution in [0.25, 0.3) is 11.1 Å². The summed E-state index contributed by atoms with van der Waals surface area (Å²) in [6, 6.07) is 26.5. The number of rotatable bonds is 6. The number of hydrogen-bond acceptors (Lipinski definition) is 6. The lowest BCUT2D eigenvalue weighted by atomic mass is 10.1. The lowest BCUT2D eigenvalue weighted by Gasteiger charge is -2.21. The first-order valence-electron chi connectivity index (χ1n) is 13.7. The van der Waals surface area contributed by atoms with Crippen LogP contribution in [0.4, 0.5) is 35.2 Å².